The molecule has 6 aliphatic carbocycles. The average Bonchev–Trinajstić information content (AvgIpc) is 3.80. The van der Waals surface area contributed by atoms with Crippen molar-refractivity contribution < 1.29 is 29.3 Å². The Morgan fingerprint density at radius 1 is 0.944 bits per heavy atom. The molecule has 9 atom stereocenters. The topological polar surface area (TPSA) is 139 Å². The van der Waals surface area contributed by atoms with E-state index in [1.54, 1.807) is 26.2 Å². The first-order chi connectivity index (χ1) is 25.1. The maximum absolute atomic E-state index is 14.1. The highest BCUT2D eigenvalue weighted by atomic mass is 35.5. The Labute approximate surface area is 327 Å². The number of ketones is 1. The first kappa shape index (κ1) is 39.9. The molecule has 298 valence electrons. The predicted molar refractivity (Wildman–Crippen MR) is 207 cm³/mol. The second-order valence-electron chi connectivity index (χ2n) is 20.8. The van der Waals surface area contributed by atoms with Gasteiger partial charge in [-0.3, -0.25) is 14.4 Å². The zero-order valence-electron chi connectivity index (χ0n) is 34.1. The quantitative estimate of drug-likeness (QED) is 0.200. The molecule has 5 fully saturated rings. The zero-order chi connectivity index (χ0) is 39.4. The molecule has 0 aliphatic heterocycles. The minimum atomic E-state index is -1.17. The Morgan fingerprint density at radius 3 is 2.22 bits per heavy atom. The van der Waals surface area contributed by atoms with E-state index in [-0.39, 0.29) is 57.3 Å². The molecule has 0 bridgehead atoms. The number of carbonyl (C=O) groups excluding carboxylic acids is 2. The number of allylic oxidation sites excluding steroid dienone is 1. The number of carboxylic acids is 1. The summed E-state index contributed by atoms with van der Waals surface area (Å²) in [7, 11) is 0. The Hall–Kier alpha value is -2.36. The highest BCUT2D eigenvalue weighted by molar-refractivity contribution is 6.30. The van der Waals surface area contributed by atoms with E-state index < -0.39 is 28.9 Å². The van der Waals surface area contributed by atoms with Gasteiger partial charge in [0.2, 0.25) is 0 Å². The average molecular weight is 766 g/mol. The number of ether oxygens (including phenoxy) is 1. The number of rotatable bonds is 10. The summed E-state index contributed by atoms with van der Waals surface area (Å²) in [6.45, 7) is 20.0. The zero-order valence-corrected chi connectivity index (χ0v) is 34.9. The minimum Gasteiger partial charge on any atom is -0.481 e. The van der Waals surface area contributed by atoms with Crippen molar-refractivity contribution in [2.45, 2.75) is 157 Å². The smallest absolute Gasteiger partial charge is 0.309 e. The number of hydrogen-bond acceptors (Lipinski definition) is 8. The molecule has 9 nitrogen and oxygen atoms in total. The third-order valence-electron chi connectivity index (χ3n) is 16.9. The number of esters is 1. The summed E-state index contributed by atoms with van der Waals surface area (Å²) in [5.41, 5.74) is -0.0709. The molecule has 3 N–H and O–H groups in total. The summed E-state index contributed by atoms with van der Waals surface area (Å²) in [5.74, 6) is 0.654. The summed E-state index contributed by atoms with van der Waals surface area (Å²) in [6, 6.07) is 0. The third kappa shape index (κ3) is 5.85. The van der Waals surface area contributed by atoms with E-state index in [2.05, 4.69) is 63.8 Å². The van der Waals surface area contributed by atoms with Gasteiger partial charge in [-0.1, -0.05) is 65.6 Å². The van der Waals surface area contributed by atoms with Gasteiger partial charge in [0, 0.05) is 36.2 Å². The second kappa shape index (κ2) is 13.1. The minimum absolute atomic E-state index is 0.0341. The number of fused-ring (bicyclic) bond motifs is 7. The van der Waals surface area contributed by atoms with Crippen LogP contribution in [0.5, 0.6) is 0 Å². The summed E-state index contributed by atoms with van der Waals surface area (Å²) >= 11 is 6.09. The summed E-state index contributed by atoms with van der Waals surface area (Å²) in [5, 5.41) is 26.2. The van der Waals surface area contributed by atoms with Crippen LogP contribution in [0.15, 0.2) is 23.5 Å². The van der Waals surface area contributed by atoms with Gasteiger partial charge in [-0.15, -0.1) is 0 Å². The van der Waals surface area contributed by atoms with Gasteiger partial charge in [0.1, 0.15) is 11.9 Å². The molecule has 5 saturated carbocycles. The molecule has 7 rings (SSSR count). The van der Waals surface area contributed by atoms with Crippen molar-refractivity contribution in [1.29, 1.82) is 0 Å². The second-order valence-corrected chi connectivity index (χ2v) is 21.2. The molecule has 0 amide bonds. The molecule has 0 saturated heterocycles. The van der Waals surface area contributed by atoms with Gasteiger partial charge in [0.05, 0.1) is 28.5 Å². The molecule has 0 spiro atoms. The van der Waals surface area contributed by atoms with Crippen LogP contribution in [0.25, 0.3) is 0 Å². The summed E-state index contributed by atoms with van der Waals surface area (Å²) < 4.78 is 6.17. The standard InChI is InChI=1S/C44H64ClN3O6/c1-25(2)34-28(49)20-43(31(50)24-48-44(18-19-44)36-46-22-26(45)23-47-36)17-16-41(8)27(35(34)43)10-11-30-40(7)14-13-32(54-33(51)21-38(3,4)37(52)53)39(5,6)29(40)12-15-42(30,41)9/h22-23,25,27,29-32,48,50H,10-21,24H2,1-9H3,(H,52,53)/t27-,29+,30-,31?,32+,40+,41-,42-,43?/m1/s1. The van der Waals surface area contributed by atoms with Crippen LogP contribution in [-0.4, -0.2) is 56.7 Å². The lowest BCUT2D eigenvalue weighted by molar-refractivity contribution is -0.235. The van der Waals surface area contributed by atoms with E-state index in [1.165, 1.54) is 5.57 Å². The molecule has 1 aromatic heterocycles. The maximum Gasteiger partial charge on any atom is 0.309 e. The van der Waals surface area contributed by atoms with Crippen molar-refractivity contribution >= 4 is 29.3 Å². The van der Waals surface area contributed by atoms with E-state index in [0.29, 0.717) is 35.6 Å². The lowest BCUT2D eigenvalue weighted by atomic mass is 9.33. The lowest BCUT2D eigenvalue weighted by Gasteiger charge is -2.72. The third-order valence-corrected chi connectivity index (χ3v) is 17.1. The largest absolute Gasteiger partial charge is 0.481 e. The number of nitrogens with one attached hydrogen (secondary N) is 1. The van der Waals surface area contributed by atoms with Gasteiger partial charge in [0.25, 0.3) is 0 Å². The number of Topliss-reactive ketones (excluding diaryl/α,β-unsaturated/α-hetero) is 1. The fraction of sp³-hybridized carbons (Fsp3) is 0.795. The summed E-state index contributed by atoms with van der Waals surface area (Å²) in [4.78, 5) is 48.0. The molecule has 6 aliphatic rings. The molecule has 54 heavy (non-hydrogen) atoms. The van der Waals surface area contributed by atoms with Crippen LogP contribution in [-0.2, 0) is 24.7 Å². The normalized spacial score (nSPS) is 38.6. The van der Waals surface area contributed by atoms with E-state index in [1.807, 2.05) is 0 Å². The van der Waals surface area contributed by atoms with E-state index in [9.17, 15) is 24.6 Å². The number of aliphatic hydroxyl groups excluding tert-OH is 1. The number of hydrogen-bond donors (Lipinski definition) is 3. The number of carbonyl (C=O) groups is 3. The molecule has 10 heteroatoms. The summed E-state index contributed by atoms with van der Waals surface area (Å²) in [6.07, 6.45) is 12.0. The number of nitrogens with zero attached hydrogens (tertiary/aromatic N) is 2. The van der Waals surface area contributed by atoms with Gasteiger partial charge in [-0.05, 0) is 124 Å². The molecule has 1 heterocycles. The SMILES string of the molecule is CC(C)C1=C2[C@H]3CC[C@@H]4[C@@]5(C)CC[C@H](OC(=O)CC(C)(C)C(=O)O)C(C)(C)[C@@H]5CC[C@@]4(C)[C@]3(C)CCC2(C(O)CNC2(c3ncc(Cl)cn3)CC2)CC1=O. The van der Waals surface area contributed by atoms with Crippen molar-refractivity contribution in [2.24, 2.45) is 56.2 Å². The number of halogens is 1. The van der Waals surface area contributed by atoms with Crippen LogP contribution in [0, 0.1) is 56.2 Å². The van der Waals surface area contributed by atoms with Crippen molar-refractivity contribution in [3.63, 3.8) is 0 Å². The van der Waals surface area contributed by atoms with Crippen LogP contribution in [0.4, 0.5) is 0 Å². The van der Waals surface area contributed by atoms with Gasteiger partial charge in [0.15, 0.2) is 5.78 Å². The monoisotopic (exact) mass is 765 g/mol. The number of aliphatic carboxylic acids is 1. The van der Waals surface area contributed by atoms with Crippen LogP contribution < -0.4 is 5.32 Å². The van der Waals surface area contributed by atoms with Crippen molar-refractivity contribution in [3.8, 4) is 0 Å². The van der Waals surface area contributed by atoms with Gasteiger partial charge >= 0.3 is 11.9 Å². The van der Waals surface area contributed by atoms with Crippen molar-refractivity contribution in [3.05, 3.63) is 34.4 Å². The molecular weight excluding hydrogens is 702 g/mol. The van der Waals surface area contributed by atoms with Crippen LogP contribution in [0.1, 0.15) is 145 Å². The molecule has 0 radical (unpaired) electrons. The predicted octanol–water partition coefficient (Wildman–Crippen LogP) is 8.46. The van der Waals surface area contributed by atoms with Crippen LogP contribution >= 0.6 is 11.6 Å². The Morgan fingerprint density at radius 2 is 1.61 bits per heavy atom. The Bertz CT molecular complexity index is 1730. The van der Waals surface area contributed by atoms with E-state index >= 15 is 0 Å². The molecular formula is C44H64ClN3O6. The lowest BCUT2D eigenvalue weighted by Crippen LogP contribution is -2.66. The Balaban J connectivity index is 1.15. The fourth-order valence-corrected chi connectivity index (χ4v) is 13.7. The maximum atomic E-state index is 14.1. The van der Waals surface area contributed by atoms with E-state index in [0.717, 1.165) is 69.8 Å². The highest BCUT2D eigenvalue weighted by Crippen LogP contribution is 2.77. The first-order valence-corrected chi connectivity index (χ1v) is 21.1. The molecule has 2 unspecified atom stereocenters. The molecule has 1 aromatic rings. The van der Waals surface area contributed by atoms with Crippen LogP contribution in [0.3, 0.4) is 0 Å². The molecule has 0 aromatic carbocycles. The Kier molecular flexibility index (Phi) is 9.66. The van der Waals surface area contributed by atoms with Gasteiger partial charge in [-0.2, -0.15) is 0 Å². The van der Waals surface area contributed by atoms with Gasteiger partial charge in [-0.25, -0.2) is 9.97 Å². The number of aromatic nitrogens is 2. The van der Waals surface area contributed by atoms with E-state index in [4.69, 9.17) is 16.3 Å². The highest BCUT2D eigenvalue weighted by Gasteiger charge is 2.71. The van der Waals surface area contributed by atoms with Crippen molar-refractivity contribution in [1.82, 2.24) is 15.3 Å². The van der Waals surface area contributed by atoms with Crippen molar-refractivity contribution in [2.75, 3.05) is 6.54 Å². The fourth-order valence-electron chi connectivity index (χ4n) is 13.6. The van der Waals surface area contributed by atoms with Crippen LogP contribution in [0.2, 0.25) is 5.02 Å². The van der Waals surface area contributed by atoms with Gasteiger partial charge < -0.3 is 20.3 Å². The first-order valence-electron chi connectivity index (χ1n) is 20.7. The number of carboxylic acid groups (broad SMARTS) is 1. The number of aliphatic hydroxyl groups is 1.